The van der Waals surface area contributed by atoms with Gasteiger partial charge in [0.15, 0.2) is 0 Å². The van der Waals surface area contributed by atoms with Crippen molar-refractivity contribution in [2.45, 2.75) is 78.2 Å². The lowest BCUT2D eigenvalue weighted by atomic mass is 10.1. The number of halogens is 1. The van der Waals surface area contributed by atoms with Gasteiger partial charge in [0, 0.05) is 11.4 Å². The molecule has 0 N–H and O–H groups in total. The summed E-state index contributed by atoms with van der Waals surface area (Å²) in [5.74, 6) is 0. The summed E-state index contributed by atoms with van der Waals surface area (Å²) < 4.78 is 0. The molecular weight excluding hydrogens is 274 g/mol. The molecule has 0 bridgehead atoms. The van der Waals surface area contributed by atoms with Gasteiger partial charge in [0.05, 0.1) is 0 Å². The number of alkyl halides is 1. The van der Waals surface area contributed by atoms with E-state index in [0.717, 1.165) is 6.04 Å². The van der Waals surface area contributed by atoms with Crippen LogP contribution in [0.3, 0.4) is 0 Å². The molecule has 2 heteroatoms. The molecule has 17 heavy (non-hydrogen) atoms. The first kappa shape index (κ1) is 17.4. The van der Waals surface area contributed by atoms with Crippen LogP contribution in [-0.4, -0.2) is 29.4 Å². The molecule has 0 heterocycles. The number of unbranched alkanes of at least 4 members (excludes halogenated alkanes) is 6. The maximum absolute atomic E-state index is 3.48. The maximum Gasteiger partial charge on any atom is 0.00641 e. The van der Waals surface area contributed by atoms with Crippen molar-refractivity contribution in [2.24, 2.45) is 0 Å². The van der Waals surface area contributed by atoms with Gasteiger partial charge in [-0.1, -0.05) is 61.9 Å². The summed E-state index contributed by atoms with van der Waals surface area (Å²) in [5, 5.41) is 1.17. The van der Waals surface area contributed by atoms with Crippen molar-refractivity contribution in [2.75, 3.05) is 18.4 Å². The second-order valence-electron chi connectivity index (χ2n) is 5.05. The summed E-state index contributed by atoms with van der Waals surface area (Å²) in [6.45, 7) is 9.43. The van der Waals surface area contributed by atoms with Crippen LogP contribution in [0.5, 0.6) is 0 Å². The zero-order valence-corrected chi connectivity index (χ0v) is 13.8. The highest BCUT2D eigenvalue weighted by molar-refractivity contribution is 9.09. The van der Waals surface area contributed by atoms with Crippen LogP contribution in [0.4, 0.5) is 0 Å². The SMILES string of the molecule is CCC(C)N(CC)CCCCCCCCCBr. The number of hydrogen-bond acceptors (Lipinski definition) is 1. The first-order chi connectivity index (χ1) is 8.26. The molecule has 0 saturated heterocycles. The zero-order valence-electron chi connectivity index (χ0n) is 12.2. The number of hydrogen-bond donors (Lipinski definition) is 0. The summed E-state index contributed by atoms with van der Waals surface area (Å²) >= 11 is 3.48. The van der Waals surface area contributed by atoms with E-state index in [1.54, 1.807) is 0 Å². The molecule has 1 unspecified atom stereocenters. The Labute approximate surface area is 117 Å². The standard InChI is InChI=1S/C15H32BrN/c1-4-15(3)17(5-2)14-12-10-8-6-7-9-11-13-16/h15H,4-14H2,1-3H3. The Balaban J connectivity index is 3.31. The minimum absolute atomic E-state index is 0.763. The third-order valence-electron chi connectivity index (χ3n) is 3.70. The summed E-state index contributed by atoms with van der Waals surface area (Å²) in [7, 11) is 0. The van der Waals surface area contributed by atoms with Crippen LogP contribution in [-0.2, 0) is 0 Å². The van der Waals surface area contributed by atoms with E-state index < -0.39 is 0 Å². The lowest BCUT2D eigenvalue weighted by molar-refractivity contribution is 0.210. The molecule has 0 aliphatic rings. The van der Waals surface area contributed by atoms with Crippen molar-refractivity contribution in [3.8, 4) is 0 Å². The molecule has 0 aliphatic heterocycles. The Kier molecular flexibility index (Phi) is 13.2. The van der Waals surface area contributed by atoms with Gasteiger partial charge in [-0.15, -0.1) is 0 Å². The lowest BCUT2D eigenvalue weighted by Crippen LogP contribution is -2.33. The maximum atomic E-state index is 3.48. The highest BCUT2D eigenvalue weighted by atomic mass is 79.9. The highest BCUT2D eigenvalue weighted by Gasteiger charge is 2.08. The van der Waals surface area contributed by atoms with E-state index in [-0.39, 0.29) is 0 Å². The molecule has 0 aromatic carbocycles. The fourth-order valence-electron chi connectivity index (χ4n) is 2.24. The van der Waals surface area contributed by atoms with Gasteiger partial charge < -0.3 is 4.90 Å². The highest BCUT2D eigenvalue weighted by Crippen LogP contribution is 2.10. The molecule has 1 atom stereocenters. The molecule has 0 fully saturated rings. The minimum Gasteiger partial charge on any atom is -0.301 e. The molecule has 0 amide bonds. The normalized spacial score (nSPS) is 13.2. The quantitative estimate of drug-likeness (QED) is 0.352. The molecule has 0 aromatic rings. The van der Waals surface area contributed by atoms with Crippen molar-refractivity contribution in [3.63, 3.8) is 0 Å². The van der Waals surface area contributed by atoms with Gasteiger partial charge in [0.2, 0.25) is 0 Å². The minimum atomic E-state index is 0.763. The Hall–Kier alpha value is 0.440. The van der Waals surface area contributed by atoms with Crippen LogP contribution in [0.15, 0.2) is 0 Å². The molecule has 0 spiro atoms. The Morgan fingerprint density at radius 2 is 1.41 bits per heavy atom. The summed E-state index contributed by atoms with van der Waals surface area (Å²) in [6.07, 6.45) is 11.1. The van der Waals surface area contributed by atoms with Crippen LogP contribution < -0.4 is 0 Å². The monoisotopic (exact) mass is 305 g/mol. The third-order valence-corrected chi connectivity index (χ3v) is 4.26. The van der Waals surface area contributed by atoms with Crippen LogP contribution in [0.1, 0.15) is 72.1 Å². The average molecular weight is 306 g/mol. The fraction of sp³-hybridized carbons (Fsp3) is 1.00. The first-order valence-electron chi connectivity index (χ1n) is 7.56. The van der Waals surface area contributed by atoms with Crippen LogP contribution in [0.2, 0.25) is 0 Å². The van der Waals surface area contributed by atoms with E-state index in [9.17, 15) is 0 Å². The average Bonchev–Trinajstić information content (AvgIpc) is 2.36. The van der Waals surface area contributed by atoms with Crippen LogP contribution in [0, 0.1) is 0 Å². The van der Waals surface area contributed by atoms with Gasteiger partial charge in [0.1, 0.15) is 0 Å². The van der Waals surface area contributed by atoms with Crippen molar-refractivity contribution in [1.29, 1.82) is 0 Å². The van der Waals surface area contributed by atoms with Gasteiger partial charge in [-0.25, -0.2) is 0 Å². The van der Waals surface area contributed by atoms with Crippen LogP contribution >= 0.6 is 15.9 Å². The van der Waals surface area contributed by atoms with E-state index in [1.165, 1.54) is 69.8 Å². The van der Waals surface area contributed by atoms with E-state index in [0.29, 0.717) is 0 Å². The predicted molar refractivity (Wildman–Crippen MR) is 83.1 cm³/mol. The Morgan fingerprint density at radius 3 is 1.88 bits per heavy atom. The van der Waals surface area contributed by atoms with E-state index in [4.69, 9.17) is 0 Å². The molecule has 0 rings (SSSR count). The number of nitrogens with zero attached hydrogens (tertiary/aromatic N) is 1. The second-order valence-corrected chi connectivity index (χ2v) is 5.84. The predicted octanol–water partition coefficient (Wildman–Crippen LogP) is 5.23. The summed E-state index contributed by atoms with van der Waals surface area (Å²) in [5.41, 5.74) is 0. The van der Waals surface area contributed by atoms with Gasteiger partial charge in [0.25, 0.3) is 0 Å². The molecule has 104 valence electrons. The Bertz CT molecular complexity index is 150. The summed E-state index contributed by atoms with van der Waals surface area (Å²) in [6, 6.07) is 0.763. The third kappa shape index (κ3) is 10.1. The smallest absolute Gasteiger partial charge is 0.00641 e. The van der Waals surface area contributed by atoms with E-state index in [2.05, 4.69) is 41.6 Å². The molecule has 0 aromatic heterocycles. The topological polar surface area (TPSA) is 3.24 Å². The molecule has 0 saturated carbocycles. The lowest BCUT2D eigenvalue weighted by Gasteiger charge is -2.26. The van der Waals surface area contributed by atoms with Crippen molar-refractivity contribution in [1.82, 2.24) is 4.90 Å². The second kappa shape index (κ2) is 12.9. The molecule has 1 nitrogen and oxygen atoms in total. The number of rotatable bonds is 12. The molecular formula is C15H32BrN. The van der Waals surface area contributed by atoms with Crippen LogP contribution in [0.25, 0.3) is 0 Å². The molecule has 0 aliphatic carbocycles. The zero-order chi connectivity index (χ0) is 12.9. The van der Waals surface area contributed by atoms with Crippen molar-refractivity contribution >= 4 is 15.9 Å². The summed E-state index contributed by atoms with van der Waals surface area (Å²) in [4.78, 5) is 2.62. The van der Waals surface area contributed by atoms with Crippen molar-refractivity contribution < 1.29 is 0 Å². The Morgan fingerprint density at radius 1 is 0.882 bits per heavy atom. The van der Waals surface area contributed by atoms with Gasteiger partial charge >= 0.3 is 0 Å². The molecule has 0 radical (unpaired) electrons. The van der Waals surface area contributed by atoms with E-state index in [1.807, 2.05) is 0 Å². The largest absolute Gasteiger partial charge is 0.301 e. The van der Waals surface area contributed by atoms with Gasteiger partial charge in [-0.3, -0.25) is 0 Å². The fourth-order valence-corrected chi connectivity index (χ4v) is 2.64. The van der Waals surface area contributed by atoms with E-state index >= 15 is 0 Å². The van der Waals surface area contributed by atoms with Crippen molar-refractivity contribution in [3.05, 3.63) is 0 Å². The van der Waals surface area contributed by atoms with Gasteiger partial charge in [-0.05, 0) is 39.3 Å². The first-order valence-corrected chi connectivity index (χ1v) is 8.68. The van der Waals surface area contributed by atoms with Gasteiger partial charge in [-0.2, -0.15) is 0 Å².